The Balaban J connectivity index is 1.85. The van der Waals surface area contributed by atoms with E-state index in [0.717, 1.165) is 24.3 Å². The minimum Gasteiger partial charge on any atom is -0.396 e. The summed E-state index contributed by atoms with van der Waals surface area (Å²) in [4.78, 5) is 0. The number of hydrogen-bond donors (Lipinski definition) is 1. The SMILES string of the molecule is OCCCCSCc1ccc(-c2ccccc2)cc1. The van der Waals surface area contributed by atoms with Gasteiger partial charge < -0.3 is 5.11 Å². The van der Waals surface area contributed by atoms with Gasteiger partial charge in [0.15, 0.2) is 0 Å². The van der Waals surface area contributed by atoms with Crippen LogP contribution in [0.1, 0.15) is 18.4 Å². The second-order valence-electron chi connectivity index (χ2n) is 4.55. The Kier molecular flexibility index (Phi) is 5.99. The van der Waals surface area contributed by atoms with Crippen molar-refractivity contribution >= 4 is 11.8 Å². The first-order valence-corrected chi connectivity index (χ1v) is 7.88. The van der Waals surface area contributed by atoms with E-state index in [4.69, 9.17) is 5.11 Å². The van der Waals surface area contributed by atoms with Crippen LogP contribution in [0, 0.1) is 0 Å². The Labute approximate surface area is 119 Å². The van der Waals surface area contributed by atoms with Crippen molar-refractivity contribution in [2.24, 2.45) is 0 Å². The molecule has 0 bridgehead atoms. The van der Waals surface area contributed by atoms with Gasteiger partial charge in [-0.3, -0.25) is 0 Å². The smallest absolute Gasteiger partial charge is 0.0431 e. The van der Waals surface area contributed by atoms with E-state index < -0.39 is 0 Å². The maximum absolute atomic E-state index is 8.71. The lowest BCUT2D eigenvalue weighted by Crippen LogP contribution is -1.87. The molecule has 0 saturated carbocycles. The average Bonchev–Trinajstić information content (AvgIpc) is 2.49. The summed E-state index contributed by atoms with van der Waals surface area (Å²) in [7, 11) is 0. The first-order valence-electron chi connectivity index (χ1n) is 6.73. The maximum Gasteiger partial charge on any atom is 0.0431 e. The zero-order chi connectivity index (χ0) is 13.3. The topological polar surface area (TPSA) is 20.2 Å². The monoisotopic (exact) mass is 272 g/mol. The molecule has 0 aliphatic rings. The first kappa shape index (κ1) is 14.2. The van der Waals surface area contributed by atoms with E-state index in [9.17, 15) is 0 Å². The Hall–Kier alpha value is -1.25. The quantitative estimate of drug-likeness (QED) is 0.756. The highest BCUT2D eigenvalue weighted by molar-refractivity contribution is 7.98. The number of hydrogen-bond acceptors (Lipinski definition) is 2. The summed E-state index contributed by atoms with van der Waals surface area (Å²) in [5.41, 5.74) is 3.91. The highest BCUT2D eigenvalue weighted by atomic mass is 32.2. The van der Waals surface area contributed by atoms with Crippen LogP contribution in [0.25, 0.3) is 11.1 Å². The van der Waals surface area contributed by atoms with Gasteiger partial charge >= 0.3 is 0 Å². The Bertz CT molecular complexity index is 464. The van der Waals surface area contributed by atoms with Crippen LogP contribution in [0.2, 0.25) is 0 Å². The second kappa shape index (κ2) is 8.03. The Morgan fingerprint density at radius 3 is 2.16 bits per heavy atom. The molecule has 19 heavy (non-hydrogen) atoms. The predicted octanol–water partition coefficient (Wildman–Crippen LogP) is 4.36. The van der Waals surface area contributed by atoms with Gasteiger partial charge in [-0.25, -0.2) is 0 Å². The van der Waals surface area contributed by atoms with Crippen molar-refractivity contribution in [3.8, 4) is 11.1 Å². The Morgan fingerprint density at radius 1 is 0.789 bits per heavy atom. The molecule has 0 saturated heterocycles. The number of rotatable bonds is 7. The van der Waals surface area contributed by atoms with Crippen molar-refractivity contribution < 1.29 is 5.11 Å². The van der Waals surface area contributed by atoms with Gasteiger partial charge in [0.05, 0.1) is 0 Å². The van der Waals surface area contributed by atoms with Crippen molar-refractivity contribution in [2.45, 2.75) is 18.6 Å². The summed E-state index contributed by atoms with van der Waals surface area (Å²) in [6, 6.07) is 19.3. The Morgan fingerprint density at radius 2 is 1.47 bits per heavy atom. The summed E-state index contributed by atoms with van der Waals surface area (Å²) < 4.78 is 0. The van der Waals surface area contributed by atoms with Crippen LogP contribution in [-0.2, 0) is 5.75 Å². The number of benzene rings is 2. The lowest BCUT2D eigenvalue weighted by molar-refractivity contribution is 0.287. The molecule has 2 aromatic rings. The molecule has 1 nitrogen and oxygen atoms in total. The molecule has 0 fully saturated rings. The third-order valence-electron chi connectivity index (χ3n) is 3.03. The predicted molar refractivity (Wildman–Crippen MR) is 84.4 cm³/mol. The summed E-state index contributed by atoms with van der Waals surface area (Å²) in [6.45, 7) is 0.312. The van der Waals surface area contributed by atoms with Crippen molar-refractivity contribution in [3.05, 3.63) is 60.2 Å². The standard InChI is InChI=1S/C17H20OS/c18-12-4-5-13-19-14-15-8-10-17(11-9-15)16-6-2-1-3-7-16/h1-3,6-11,18H,4-5,12-14H2. The van der Waals surface area contributed by atoms with E-state index in [1.165, 1.54) is 16.7 Å². The minimum absolute atomic E-state index is 0.312. The van der Waals surface area contributed by atoms with Crippen LogP contribution in [0.5, 0.6) is 0 Å². The molecule has 2 rings (SSSR count). The zero-order valence-electron chi connectivity index (χ0n) is 11.1. The molecule has 0 aliphatic carbocycles. The van der Waals surface area contributed by atoms with Gasteiger partial charge in [0.2, 0.25) is 0 Å². The van der Waals surface area contributed by atoms with Gasteiger partial charge in [-0.05, 0) is 35.3 Å². The molecule has 0 radical (unpaired) electrons. The van der Waals surface area contributed by atoms with Gasteiger partial charge in [-0.2, -0.15) is 11.8 Å². The van der Waals surface area contributed by atoms with Crippen LogP contribution in [0.3, 0.4) is 0 Å². The third-order valence-corrected chi connectivity index (χ3v) is 4.14. The highest BCUT2D eigenvalue weighted by Gasteiger charge is 1.98. The summed E-state index contributed by atoms with van der Waals surface area (Å²) >= 11 is 1.94. The fraction of sp³-hybridized carbons (Fsp3) is 0.294. The third kappa shape index (κ3) is 4.73. The molecule has 0 heterocycles. The molecular formula is C17H20OS. The maximum atomic E-state index is 8.71. The van der Waals surface area contributed by atoms with Crippen molar-refractivity contribution in [1.29, 1.82) is 0 Å². The van der Waals surface area contributed by atoms with Crippen molar-refractivity contribution in [3.63, 3.8) is 0 Å². The number of aliphatic hydroxyl groups excluding tert-OH is 1. The summed E-state index contributed by atoms with van der Waals surface area (Å²) in [5.74, 6) is 2.18. The molecule has 2 aromatic carbocycles. The molecule has 0 unspecified atom stereocenters. The van der Waals surface area contributed by atoms with Gasteiger partial charge in [0, 0.05) is 12.4 Å². The fourth-order valence-corrected chi connectivity index (χ4v) is 2.91. The molecule has 100 valence electrons. The molecular weight excluding hydrogens is 252 g/mol. The van der Waals surface area contributed by atoms with Crippen LogP contribution >= 0.6 is 11.8 Å². The first-order chi connectivity index (χ1) is 9.40. The lowest BCUT2D eigenvalue weighted by Gasteiger charge is -2.04. The van der Waals surface area contributed by atoms with E-state index >= 15 is 0 Å². The van der Waals surface area contributed by atoms with Crippen LogP contribution in [0.15, 0.2) is 54.6 Å². The van der Waals surface area contributed by atoms with Gasteiger partial charge in [-0.1, -0.05) is 54.6 Å². The lowest BCUT2D eigenvalue weighted by atomic mass is 10.0. The van der Waals surface area contributed by atoms with Gasteiger partial charge in [-0.15, -0.1) is 0 Å². The van der Waals surface area contributed by atoms with Crippen LogP contribution in [0.4, 0.5) is 0 Å². The van der Waals surface area contributed by atoms with Gasteiger partial charge in [0.25, 0.3) is 0 Å². The van der Waals surface area contributed by atoms with E-state index in [2.05, 4.69) is 48.5 Å². The van der Waals surface area contributed by atoms with Crippen LogP contribution < -0.4 is 0 Å². The van der Waals surface area contributed by atoms with Crippen LogP contribution in [-0.4, -0.2) is 17.5 Å². The van der Waals surface area contributed by atoms with E-state index in [1.807, 2.05) is 17.8 Å². The summed E-state index contributed by atoms with van der Waals surface area (Å²) in [5, 5.41) is 8.71. The fourth-order valence-electron chi connectivity index (χ4n) is 1.93. The average molecular weight is 272 g/mol. The zero-order valence-corrected chi connectivity index (χ0v) is 11.9. The van der Waals surface area contributed by atoms with E-state index in [1.54, 1.807) is 0 Å². The molecule has 0 amide bonds. The largest absolute Gasteiger partial charge is 0.396 e. The molecule has 0 atom stereocenters. The van der Waals surface area contributed by atoms with Crippen molar-refractivity contribution in [2.75, 3.05) is 12.4 Å². The molecule has 0 spiro atoms. The normalized spacial score (nSPS) is 10.6. The minimum atomic E-state index is 0.312. The molecule has 1 N–H and O–H groups in total. The molecule has 0 aliphatic heterocycles. The van der Waals surface area contributed by atoms with E-state index in [0.29, 0.717) is 6.61 Å². The second-order valence-corrected chi connectivity index (χ2v) is 5.65. The molecule has 2 heteroatoms. The molecule has 0 aromatic heterocycles. The number of aliphatic hydroxyl groups is 1. The number of thioether (sulfide) groups is 1. The summed E-state index contributed by atoms with van der Waals surface area (Å²) in [6.07, 6.45) is 2.02. The van der Waals surface area contributed by atoms with Gasteiger partial charge in [0.1, 0.15) is 0 Å². The number of unbranched alkanes of at least 4 members (excludes halogenated alkanes) is 1. The highest BCUT2D eigenvalue weighted by Crippen LogP contribution is 2.21. The van der Waals surface area contributed by atoms with Crippen molar-refractivity contribution in [1.82, 2.24) is 0 Å². The van der Waals surface area contributed by atoms with E-state index in [-0.39, 0.29) is 0 Å².